The van der Waals surface area contributed by atoms with Gasteiger partial charge in [0.15, 0.2) is 0 Å². The number of nitriles is 1. The largest absolute Gasteiger partial charge is 0.361 e. The van der Waals surface area contributed by atoms with Crippen LogP contribution in [-0.4, -0.2) is 14.9 Å². The van der Waals surface area contributed by atoms with Crippen LogP contribution >= 0.6 is 0 Å². The monoisotopic (exact) mass is 355 g/mol. The van der Waals surface area contributed by atoms with Crippen LogP contribution in [0.15, 0.2) is 67.1 Å². The van der Waals surface area contributed by atoms with Gasteiger partial charge in [0, 0.05) is 52.9 Å². The number of nitro benzene ring substituents is 1. The molecule has 2 aromatic heterocycles. The summed E-state index contributed by atoms with van der Waals surface area (Å²) >= 11 is 0. The Morgan fingerprint density at radius 2 is 2.04 bits per heavy atom. The van der Waals surface area contributed by atoms with Crippen LogP contribution in [0.25, 0.3) is 22.0 Å². The predicted octanol–water partition coefficient (Wildman–Crippen LogP) is 4.75. The molecule has 4 aromatic rings. The standard InChI is InChI=1S/C20H13N5O2/c21-10-15-11-22-12-18(13-2-1-3-17(9-13)25(26)27)20(15)24-16-4-5-19-14(8-16)6-7-23-19/h1-9,11-12,23H,(H,22,24). The quantitative estimate of drug-likeness (QED) is 0.405. The zero-order valence-corrected chi connectivity index (χ0v) is 14.0. The van der Waals surface area contributed by atoms with E-state index in [4.69, 9.17) is 0 Å². The van der Waals surface area contributed by atoms with Crippen molar-refractivity contribution in [1.29, 1.82) is 5.26 Å². The molecule has 0 unspecified atom stereocenters. The second-order valence-electron chi connectivity index (χ2n) is 5.93. The highest BCUT2D eigenvalue weighted by Crippen LogP contribution is 2.34. The van der Waals surface area contributed by atoms with Crippen LogP contribution in [0.4, 0.5) is 17.1 Å². The summed E-state index contributed by atoms with van der Waals surface area (Å²) in [5, 5.41) is 24.9. The molecule has 2 N–H and O–H groups in total. The molecule has 0 saturated carbocycles. The Bertz CT molecular complexity index is 1210. The Hall–Kier alpha value is -4.18. The minimum absolute atomic E-state index is 0.0189. The molecule has 130 valence electrons. The number of hydrogen-bond donors (Lipinski definition) is 2. The van der Waals surface area contributed by atoms with E-state index in [1.165, 1.54) is 18.3 Å². The van der Waals surface area contributed by atoms with E-state index >= 15 is 0 Å². The Kier molecular flexibility index (Phi) is 3.99. The molecule has 0 fully saturated rings. The lowest BCUT2D eigenvalue weighted by Gasteiger charge is -2.14. The van der Waals surface area contributed by atoms with E-state index in [0.29, 0.717) is 22.4 Å². The van der Waals surface area contributed by atoms with Gasteiger partial charge in [0.1, 0.15) is 6.07 Å². The van der Waals surface area contributed by atoms with E-state index < -0.39 is 4.92 Å². The summed E-state index contributed by atoms with van der Waals surface area (Å²) in [6.45, 7) is 0. The van der Waals surface area contributed by atoms with Crippen LogP contribution in [0, 0.1) is 21.4 Å². The number of H-pyrrole nitrogens is 1. The Labute approximate surface area is 154 Å². The van der Waals surface area contributed by atoms with Crippen molar-refractivity contribution < 1.29 is 4.92 Å². The predicted molar refractivity (Wildman–Crippen MR) is 103 cm³/mol. The van der Waals surface area contributed by atoms with Gasteiger partial charge in [-0.15, -0.1) is 0 Å². The molecule has 7 heteroatoms. The molecule has 0 aliphatic carbocycles. The van der Waals surface area contributed by atoms with Gasteiger partial charge in [0.2, 0.25) is 0 Å². The van der Waals surface area contributed by atoms with E-state index in [0.717, 1.165) is 16.6 Å². The fraction of sp³-hybridized carbons (Fsp3) is 0. The third kappa shape index (κ3) is 3.07. The Balaban J connectivity index is 1.83. The summed E-state index contributed by atoms with van der Waals surface area (Å²) in [5.41, 5.74) is 3.93. The normalized spacial score (nSPS) is 10.5. The van der Waals surface area contributed by atoms with Gasteiger partial charge in [0.05, 0.1) is 16.2 Å². The van der Waals surface area contributed by atoms with Crippen molar-refractivity contribution in [3.63, 3.8) is 0 Å². The van der Waals surface area contributed by atoms with Crippen molar-refractivity contribution in [3.8, 4) is 17.2 Å². The molecule has 0 atom stereocenters. The first-order valence-electron chi connectivity index (χ1n) is 8.13. The van der Waals surface area contributed by atoms with Crippen molar-refractivity contribution >= 4 is 28.0 Å². The number of hydrogen-bond acceptors (Lipinski definition) is 5. The molecular formula is C20H13N5O2. The van der Waals surface area contributed by atoms with Crippen LogP contribution in [0.5, 0.6) is 0 Å². The fourth-order valence-electron chi connectivity index (χ4n) is 2.96. The van der Waals surface area contributed by atoms with Gasteiger partial charge in [-0.25, -0.2) is 0 Å². The summed E-state index contributed by atoms with van der Waals surface area (Å²) in [7, 11) is 0. The Morgan fingerprint density at radius 3 is 2.85 bits per heavy atom. The summed E-state index contributed by atoms with van der Waals surface area (Å²) in [4.78, 5) is 17.9. The first-order valence-corrected chi connectivity index (χ1v) is 8.13. The van der Waals surface area contributed by atoms with Crippen molar-refractivity contribution in [2.75, 3.05) is 5.32 Å². The maximum absolute atomic E-state index is 11.1. The minimum atomic E-state index is -0.446. The average molecular weight is 355 g/mol. The molecule has 0 saturated heterocycles. The molecule has 0 aliphatic heterocycles. The highest BCUT2D eigenvalue weighted by atomic mass is 16.6. The molecule has 7 nitrogen and oxygen atoms in total. The van der Waals surface area contributed by atoms with Crippen molar-refractivity contribution in [2.24, 2.45) is 0 Å². The molecule has 0 radical (unpaired) electrons. The van der Waals surface area contributed by atoms with Crippen LogP contribution in [-0.2, 0) is 0 Å². The zero-order chi connectivity index (χ0) is 18.8. The van der Waals surface area contributed by atoms with Crippen LogP contribution in [0.2, 0.25) is 0 Å². The maximum Gasteiger partial charge on any atom is 0.270 e. The second kappa shape index (κ2) is 6.61. The van der Waals surface area contributed by atoms with Gasteiger partial charge >= 0.3 is 0 Å². The van der Waals surface area contributed by atoms with Crippen molar-refractivity contribution in [3.05, 3.63) is 82.8 Å². The summed E-state index contributed by atoms with van der Waals surface area (Å²) in [6.07, 6.45) is 4.92. The number of rotatable bonds is 4. The number of aromatic nitrogens is 2. The molecule has 2 heterocycles. The highest BCUT2D eigenvalue weighted by Gasteiger charge is 2.14. The number of non-ortho nitro benzene ring substituents is 1. The molecule has 0 aliphatic rings. The third-order valence-electron chi connectivity index (χ3n) is 4.26. The lowest BCUT2D eigenvalue weighted by molar-refractivity contribution is -0.384. The number of nitrogens with one attached hydrogen (secondary N) is 2. The van der Waals surface area contributed by atoms with Gasteiger partial charge in [0.25, 0.3) is 5.69 Å². The van der Waals surface area contributed by atoms with Gasteiger partial charge in [-0.2, -0.15) is 5.26 Å². The second-order valence-corrected chi connectivity index (χ2v) is 5.93. The van der Waals surface area contributed by atoms with Crippen LogP contribution < -0.4 is 5.32 Å². The SMILES string of the molecule is N#Cc1cncc(-c2cccc([N+](=O)[O-])c2)c1Nc1ccc2[nH]ccc2c1. The highest BCUT2D eigenvalue weighted by molar-refractivity contribution is 5.88. The van der Waals surface area contributed by atoms with Gasteiger partial charge in [-0.1, -0.05) is 12.1 Å². The van der Waals surface area contributed by atoms with Gasteiger partial charge < -0.3 is 10.3 Å². The molecule has 4 rings (SSSR count). The number of pyridine rings is 1. The summed E-state index contributed by atoms with van der Waals surface area (Å²) in [5.74, 6) is 0. The number of anilines is 2. The topological polar surface area (TPSA) is 108 Å². The summed E-state index contributed by atoms with van der Waals surface area (Å²) < 4.78 is 0. The van der Waals surface area contributed by atoms with E-state index in [2.05, 4.69) is 21.4 Å². The first kappa shape index (κ1) is 16.3. The molecular weight excluding hydrogens is 342 g/mol. The van der Waals surface area contributed by atoms with Crippen LogP contribution in [0.1, 0.15) is 5.56 Å². The van der Waals surface area contributed by atoms with E-state index in [1.807, 2.05) is 30.5 Å². The summed E-state index contributed by atoms with van der Waals surface area (Å²) in [6, 6.07) is 16.2. The molecule has 0 amide bonds. The molecule has 2 aromatic carbocycles. The lowest BCUT2D eigenvalue weighted by atomic mass is 10.0. The number of benzene rings is 2. The number of fused-ring (bicyclic) bond motifs is 1. The number of nitrogens with zero attached hydrogens (tertiary/aromatic N) is 3. The fourth-order valence-corrected chi connectivity index (χ4v) is 2.96. The Morgan fingerprint density at radius 1 is 1.15 bits per heavy atom. The van der Waals surface area contributed by atoms with Crippen LogP contribution in [0.3, 0.4) is 0 Å². The maximum atomic E-state index is 11.1. The van der Waals surface area contributed by atoms with E-state index in [1.54, 1.807) is 18.3 Å². The zero-order valence-electron chi connectivity index (χ0n) is 14.0. The van der Waals surface area contributed by atoms with Gasteiger partial charge in [-0.3, -0.25) is 15.1 Å². The third-order valence-corrected chi connectivity index (χ3v) is 4.26. The number of nitro groups is 1. The lowest BCUT2D eigenvalue weighted by Crippen LogP contribution is -1.98. The first-order chi connectivity index (χ1) is 13.2. The molecule has 0 spiro atoms. The average Bonchev–Trinajstić information content (AvgIpc) is 3.16. The van der Waals surface area contributed by atoms with E-state index in [9.17, 15) is 15.4 Å². The van der Waals surface area contributed by atoms with E-state index in [-0.39, 0.29) is 5.69 Å². The molecule has 0 bridgehead atoms. The van der Waals surface area contributed by atoms with Gasteiger partial charge in [-0.05, 0) is 29.8 Å². The number of aromatic amines is 1. The minimum Gasteiger partial charge on any atom is -0.361 e. The molecule has 27 heavy (non-hydrogen) atoms. The van der Waals surface area contributed by atoms with Crippen molar-refractivity contribution in [2.45, 2.75) is 0 Å². The smallest absolute Gasteiger partial charge is 0.270 e. The van der Waals surface area contributed by atoms with Crippen molar-refractivity contribution in [1.82, 2.24) is 9.97 Å².